The molecule has 0 atom stereocenters. The van der Waals surface area contributed by atoms with E-state index in [9.17, 15) is 17.6 Å². The van der Waals surface area contributed by atoms with Gasteiger partial charge >= 0.3 is 0 Å². The van der Waals surface area contributed by atoms with E-state index in [4.69, 9.17) is 0 Å². The molecule has 0 fully saturated rings. The first-order valence-electron chi connectivity index (χ1n) is 2.15. The second-order valence-electron chi connectivity index (χ2n) is 1.41. The molecule has 0 aliphatic carbocycles. The lowest BCUT2D eigenvalue weighted by Crippen LogP contribution is -2.01. The van der Waals surface area contributed by atoms with Crippen LogP contribution >= 0.6 is 0 Å². The van der Waals surface area contributed by atoms with Crippen molar-refractivity contribution in [1.82, 2.24) is 10.2 Å². The third-order valence-electron chi connectivity index (χ3n) is 0.781. The summed E-state index contributed by atoms with van der Waals surface area (Å²) in [6.45, 7) is 0. The van der Waals surface area contributed by atoms with Crippen LogP contribution in [0, 0.1) is 23.5 Å². The summed E-state index contributed by atoms with van der Waals surface area (Å²) >= 11 is 0. The van der Waals surface area contributed by atoms with Crippen LogP contribution in [0.1, 0.15) is 0 Å². The highest BCUT2D eigenvalue weighted by molar-refractivity contribution is 4.95. The van der Waals surface area contributed by atoms with Gasteiger partial charge in [0.2, 0.25) is 11.6 Å². The molecule has 0 saturated heterocycles. The predicted molar refractivity (Wildman–Crippen MR) is 21.9 cm³/mol. The molecule has 1 aromatic rings. The van der Waals surface area contributed by atoms with Crippen molar-refractivity contribution < 1.29 is 17.6 Å². The highest BCUT2D eigenvalue weighted by Crippen LogP contribution is 2.07. The Hall–Kier alpha value is -1.20. The van der Waals surface area contributed by atoms with Gasteiger partial charge in [-0.1, -0.05) is 0 Å². The van der Waals surface area contributed by atoms with Gasteiger partial charge in [0.05, 0.1) is 0 Å². The Balaban J connectivity index is 3.34. The Morgan fingerprint density at radius 2 is 1.00 bits per heavy atom. The highest BCUT2D eigenvalue weighted by atomic mass is 19.2. The molecule has 0 bridgehead atoms. The Kier molecular flexibility index (Phi) is 1.52. The van der Waals surface area contributed by atoms with Crippen molar-refractivity contribution in [2.75, 3.05) is 0 Å². The molecule has 0 saturated carbocycles. The van der Waals surface area contributed by atoms with Crippen molar-refractivity contribution in [3.8, 4) is 0 Å². The molecule has 54 valence electrons. The first-order chi connectivity index (χ1) is 4.63. The van der Waals surface area contributed by atoms with Gasteiger partial charge in [0.25, 0.3) is 11.9 Å². The van der Waals surface area contributed by atoms with E-state index < -0.39 is 23.5 Å². The van der Waals surface area contributed by atoms with Gasteiger partial charge in [-0.25, -0.2) is 0 Å². The molecule has 0 amide bonds. The fourth-order valence-corrected chi connectivity index (χ4v) is 0.357. The first kappa shape index (κ1) is 6.91. The average molecular weight is 152 g/mol. The quantitative estimate of drug-likeness (QED) is 0.519. The minimum atomic E-state index is -1.95. The van der Waals surface area contributed by atoms with Crippen molar-refractivity contribution in [1.29, 1.82) is 0 Å². The van der Waals surface area contributed by atoms with Crippen LogP contribution in [-0.2, 0) is 0 Å². The molecule has 10 heavy (non-hydrogen) atoms. The molecule has 2 nitrogen and oxygen atoms in total. The molecule has 0 aromatic carbocycles. The smallest absolute Gasteiger partial charge is 0.198 e. The van der Waals surface area contributed by atoms with Gasteiger partial charge in [0.15, 0.2) is 0 Å². The van der Waals surface area contributed by atoms with Crippen molar-refractivity contribution in [3.63, 3.8) is 0 Å². The monoisotopic (exact) mass is 152 g/mol. The summed E-state index contributed by atoms with van der Waals surface area (Å²) in [6.07, 6.45) is 0. The number of hydrogen-bond donors (Lipinski definition) is 0. The lowest BCUT2D eigenvalue weighted by atomic mass is 10.5. The zero-order chi connectivity index (χ0) is 7.72. The van der Waals surface area contributed by atoms with E-state index in [2.05, 4.69) is 10.2 Å². The van der Waals surface area contributed by atoms with Gasteiger partial charge in [0.1, 0.15) is 0 Å². The van der Waals surface area contributed by atoms with Gasteiger partial charge in [-0.3, -0.25) is 0 Å². The molecule has 1 aromatic heterocycles. The second-order valence-corrected chi connectivity index (χ2v) is 1.41. The van der Waals surface area contributed by atoms with Crippen molar-refractivity contribution >= 4 is 0 Å². The maximum Gasteiger partial charge on any atom is 0.272 e. The zero-order valence-corrected chi connectivity index (χ0v) is 4.41. The van der Waals surface area contributed by atoms with Gasteiger partial charge < -0.3 is 0 Å². The molecule has 1 heterocycles. The zero-order valence-electron chi connectivity index (χ0n) is 4.41. The van der Waals surface area contributed by atoms with E-state index in [0.717, 1.165) is 0 Å². The molecule has 1 rings (SSSR count). The molecule has 6 heteroatoms. The first-order valence-corrected chi connectivity index (χ1v) is 2.15. The maximum atomic E-state index is 11.9. The molecule has 0 radical (unpaired) electrons. The predicted octanol–water partition coefficient (Wildman–Crippen LogP) is 1.03. The van der Waals surface area contributed by atoms with Crippen LogP contribution in [0.15, 0.2) is 0 Å². The van der Waals surface area contributed by atoms with E-state index in [1.807, 2.05) is 0 Å². The largest absolute Gasteiger partial charge is 0.272 e. The SMILES string of the molecule is Fc1nnc(F)c(F)c1F. The highest BCUT2D eigenvalue weighted by Gasteiger charge is 2.15. The van der Waals surface area contributed by atoms with Crippen LogP contribution in [0.3, 0.4) is 0 Å². The summed E-state index contributed by atoms with van der Waals surface area (Å²) in [6, 6.07) is 0. The Morgan fingerprint density at radius 1 is 0.700 bits per heavy atom. The normalized spacial score (nSPS) is 10.0. The summed E-state index contributed by atoms with van der Waals surface area (Å²) in [5.41, 5.74) is 0. The van der Waals surface area contributed by atoms with Crippen molar-refractivity contribution in [2.45, 2.75) is 0 Å². The number of aromatic nitrogens is 2. The summed E-state index contributed by atoms with van der Waals surface area (Å²) in [5, 5.41) is 4.66. The number of rotatable bonds is 0. The fraction of sp³-hybridized carbons (Fsp3) is 0. The van der Waals surface area contributed by atoms with E-state index in [-0.39, 0.29) is 0 Å². The fourth-order valence-electron chi connectivity index (χ4n) is 0.357. The van der Waals surface area contributed by atoms with Crippen LogP contribution in [0.5, 0.6) is 0 Å². The summed E-state index contributed by atoms with van der Waals surface area (Å²) in [7, 11) is 0. The standard InChI is InChI=1S/C4F4N2/c5-1-2(6)4(8)10-9-3(1)7. The summed E-state index contributed by atoms with van der Waals surface area (Å²) in [4.78, 5) is 0. The van der Waals surface area contributed by atoms with Gasteiger partial charge in [0, 0.05) is 0 Å². The van der Waals surface area contributed by atoms with Crippen molar-refractivity contribution in [2.24, 2.45) is 0 Å². The molecular weight excluding hydrogens is 152 g/mol. The van der Waals surface area contributed by atoms with Crippen LogP contribution in [-0.4, -0.2) is 10.2 Å². The minimum Gasteiger partial charge on any atom is -0.198 e. The van der Waals surface area contributed by atoms with Crippen LogP contribution in [0.2, 0.25) is 0 Å². The van der Waals surface area contributed by atoms with Crippen molar-refractivity contribution in [3.05, 3.63) is 23.5 Å². The third kappa shape index (κ3) is 0.916. The van der Waals surface area contributed by atoms with Gasteiger partial charge in [-0.2, -0.15) is 17.6 Å². The summed E-state index contributed by atoms with van der Waals surface area (Å²) in [5.74, 6) is -7.40. The molecule has 0 aliphatic rings. The Labute approximate surface area is 52.5 Å². The van der Waals surface area contributed by atoms with E-state index in [0.29, 0.717) is 0 Å². The topological polar surface area (TPSA) is 25.8 Å². The average Bonchev–Trinajstić information content (AvgIpc) is 1.93. The van der Waals surface area contributed by atoms with Crippen LogP contribution in [0.4, 0.5) is 17.6 Å². The Morgan fingerprint density at radius 3 is 1.30 bits per heavy atom. The molecular formula is C4F4N2. The van der Waals surface area contributed by atoms with Crippen LogP contribution < -0.4 is 0 Å². The minimum absolute atomic E-state index is 1.75. The number of hydrogen-bond acceptors (Lipinski definition) is 2. The lowest BCUT2D eigenvalue weighted by molar-refractivity contribution is 0.363. The van der Waals surface area contributed by atoms with E-state index >= 15 is 0 Å². The molecule has 0 spiro atoms. The molecule has 0 aliphatic heterocycles. The van der Waals surface area contributed by atoms with Gasteiger partial charge in [-0.15, -0.1) is 10.2 Å². The second kappa shape index (κ2) is 2.20. The summed E-state index contributed by atoms with van der Waals surface area (Å²) < 4.78 is 47.4. The molecule has 0 N–H and O–H groups in total. The Bertz CT molecular complexity index is 235. The third-order valence-corrected chi connectivity index (χ3v) is 0.781. The number of halogens is 4. The van der Waals surface area contributed by atoms with E-state index in [1.54, 1.807) is 0 Å². The lowest BCUT2D eigenvalue weighted by Gasteiger charge is -1.91. The van der Waals surface area contributed by atoms with Gasteiger partial charge in [-0.05, 0) is 0 Å². The maximum absolute atomic E-state index is 11.9. The molecule has 0 unspecified atom stereocenters. The number of nitrogens with zero attached hydrogens (tertiary/aromatic N) is 2. The van der Waals surface area contributed by atoms with Crippen LogP contribution in [0.25, 0.3) is 0 Å². The van der Waals surface area contributed by atoms with E-state index in [1.165, 1.54) is 0 Å².